The van der Waals surface area contributed by atoms with Crippen LogP contribution in [0, 0.1) is 0 Å². The molecule has 0 radical (unpaired) electrons. The molecule has 1 saturated heterocycles. The van der Waals surface area contributed by atoms with E-state index in [-0.39, 0.29) is 0 Å². The highest BCUT2D eigenvalue weighted by Crippen LogP contribution is 2.12. The number of carbonyl (C=O) groups is 1. The van der Waals surface area contributed by atoms with Gasteiger partial charge in [0.05, 0.1) is 0 Å². The van der Waals surface area contributed by atoms with Crippen molar-refractivity contribution in [3.8, 4) is 0 Å². The molecule has 0 aromatic carbocycles. The van der Waals surface area contributed by atoms with Crippen LogP contribution in [0.4, 0.5) is 0 Å². The van der Waals surface area contributed by atoms with E-state index in [0.29, 0.717) is 12.6 Å². The third-order valence-electron chi connectivity index (χ3n) is 2.75. The van der Waals surface area contributed by atoms with Crippen LogP contribution in [-0.2, 0) is 4.79 Å². The van der Waals surface area contributed by atoms with Gasteiger partial charge in [-0.3, -0.25) is 9.69 Å². The summed E-state index contributed by atoms with van der Waals surface area (Å²) >= 11 is 0. The first-order valence-corrected chi connectivity index (χ1v) is 4.88. The van der Waals surface area contributed by atoms with E-state index in [1.165, 1.54) is 0 Å². The minimum absolute atomic E-state index is 0.458. The molecule has 2 unspecified atom stereocenters. The Labute approximate surface area is 84.5 Å². The third kappa shape index (κ3) is 2.94. The summed E-state index contributed by atoms with van der Waals surface area (Å²) in [6.07, 6.45) is 1.10. The minimum atomic E-state index is -0.918. The van der Waals surface area contributed by atoms with E-state index in [9.17, 15) is 4.79 Å². The predicted octanol–water partition coefficient (Wildman–Crippen LogP) is -0.966. The van der Waals surface area contributed by atoms with E-state index in [4.69, 9.17) is 10.8 Å². The van der Waals surface area contributed by atoms with Crippen molar-refractivity contribution in [3.63, 3.8) is 0 Å². The average Bonchev–Trinajstić information content (AvgIpc) is 2.52. The molecule has 0 aliphatic carbocycles. The highest BCUT2D eigenvalue weighted by atomic mass is 16.4. The second-order valence-electron chi connectivity index (χ2n) is 4.11. The molecule has 14 heavy (non-hydrogen) atoms. The van der Waals surface area contributed by atoms with Crippen LogP contribution in [-0.4, -0.2) is 66.7 Å². The number of nitrogens with two attached hydrogens (primary N) is 1. The number of likely N-dealkylation sites (N-methyl/N-ethyl adjacent to an activating group) is 1. The van der Waals surface area contributed by atoms with Crippen LogP contribution in [0.5, 0.6) is 0 Å². The summed E-state index contributed by atoms with van der Waals surface area (Å²) in [5.41, 5.74) is 5.46. The number of carboxylic acids is 1. The van der Waals surface area contributed by atoms with Gasteiger partial charge in [0.15, 0.2) is 0 Å². The lowest BCUT2D eigenvalue weighted by Crippen LogP contribution is -2.42. The van der Waals surface area contributed by atoms with Gasteiger partial charge in [0, 0.05) is 19.1 Å². The van der Waals surface area contributed by atoms with E-state index < -0.39 is 12.0 Å². The quantitative estimate of drug-likeness (QED) is 0.612. The minimum Gasteiger partial charge on any atom is -0.480 e. The number of nitrogens with zero attached hydrogens (tertiary/aromatic N) is 2. The molecule has 0 bridgehead atoms. The van der Waals surface area contributed by atoms with Gasteiger partial charge in [0.2, 0.25) is 0 Å². The summed E-state index contributed by atoms with van der Waals surface area (Å²) in [7, 11) is 4.09. The van der Waals surface area contributed by atoms with E-state index in [1.807, 2.05) is 14.1 Å². The Morgan fingerprint density at radius 2 is 2.36 bits per heavy atom. The van der Waals surface area contributed by atoms with Crippen molar-refractivity contribution in [3.05, 3.63) is 0 Å². The SMILES string of the molecule is CN(C)C1CCN(CC(N)C(=O)O)C1. The van der Waals surface area contributed by atoms with Gasteiger partial charge in [-0.05, 0) is 27.1 Å². The summed E-state index contributed by atoms with van der Waals surface area (Å²) < 4.78 is 0. The fraction of sp³-hybridized carbons (Fsp3) is 0.889. The van der Waals surface area contributed by atoms with E-state index >= 15 is 0 Å². The van der Waals surface area contributed by atoms with Crippen molar-refractivity contribution in [1.29, 1.82) is 0 Å². The van der Waals surface area contributed by atoms with Crippen molar-refractivity contribution in [1.82, 2.24) is 9.80 Å². The molecule has 3 N–H and O–H groups in total. The number of aliphatic carboxylic acids is 1. The van der Waals surface area contributed by atoms with Crippen molar-refractivity contribution < 1.29 is 9.90 Å². The molecule has 82 valence electrons. The van der Waals surface area contributed by atoms with Gasteiger partial charge < -0.3 is 15.7 Å². The van der Waals surface area contributed by atoms with Gasteiger partial charge in [0.25, 0.3) is 0 Å². The zero-order valence-corrected chi connectivity index (χ0v) is 8.81. The molecule has 1 aliphatic heterocycles. The standard InChI is InChI=1S/C9H19N3O2/c1-11(2)7-3-4-12(5-7)6-8(10)9(13)14/h7-8H,3-6,10H2,1-2H3,(H,13,14). The molecular weight excluding hydrogens is 182 g/mol. The maximum atomic E-state index is 10.5. The molecule has 1 rings (SSSR count). The van der Waals surface area contributed by atoms with E-state index in [0.717, 1.165) is 19.5 Å². The van der Waals surface area contributed by atoms with Gasteiger partial charge in [-0.1, -0.05) is 0 Å². The fourth-order valence-corrected chi connectivity index (χ4v) is 1.76. The molecule has 5 heteroatoms. The monoisotopic (exact) mass is 201 g/mol. The Balaban J connectivity index is 2.32. The normalized spacial score (nSPS) is 25.6. The number of likely N-dealkylation sites (tertiary alicyclic amines) is 1. The highest BCUT2D eigenvalue weighted by molar-refractivity contribution is 5.73. The Morgan fingerprint density at radius 3 is 2.79 bits per heavy atom. The van der Waals surface area contributed by atoms with Crippen LogP contribution in [0.25, 0.3) is 0 Å². The smallest absolute Gasteiger partial charge is 0.321 e. The summed E-state index contributed by atoms with van der Waals surface area (Å²) in [6, 6.07) is -0.216. The molecule has 0 spiro atoms. The molecule has 2 atom stereocenters. The highest BCUT2D eigenvalue weighted by Gasteiger charge is 2.26. The van der Waals surface area contributed by atoms with Crippen molar-refractivity contribution in [2.75, 3.05) is 33.7 Å². The fourth-order valence-electron chi connectivity index (χ4n) is 1.76. The maximum absolute atomic E-state index is 10.5. The molecule has 1 fully saturated rings. The van der Waals surface area contributed by atoms with Gasteiger partial charge in [-0.25, -0.2) is 0 Å². The first kappa shape index (κ1) is 11.4. The van der Waals surface area contributed by atoms with Gasteiger partial charge in [-0.15, -0.1) is 0 Å². The molecule has 0 amide bonds. The Kier molecular flexibility index (Phi) is 3.86. The lowest BCUT2D eigenvalue weighted by Gasteiger charge is -2.21. The van der Waals surface area contributed by atoms with Crippen LogP contribution >= 0.6 is 0 Å². The first-order valence-electron chi connectivity index (χ1n) is 4.88. The molecule has 1 aliphatic rings. The van der Waals surface area contributed by atoms with Crippen molar-refractivity contribution >= 4 is 5.97 Å². The Hall–Kier alpha value is -0.650. The van der Waals surface area contributed by atoms with Crippen LogP contribution in [0.15, 0.2) is 0 Å². The van der Waals surface area contributed by atoms with Gasteiger partial charge in [-0.2, -0.15) is 0 Å². The van der Waals surface area contributed by atoms with Crippen molar-refractivity contribution in [2.24, 2.45) is 5.73 Å². The van der Waals surface area contributed by atoms with Gasteiger partial charge in [0.1, 0.15) is 6.04 Å². The summed E-state index contributed by atoms with van der Waals surface area (Å²) in [6.45, 7) is 2.33. The molecular formula is C9H19N3O2. The lowest BCUT2D eigenvalue weighted by molar-refractivity contribution is -0.138. The lowest BCUT2D eigenvalue weighted by atomic mass is 10.2. The molecule has 0 saturated carbocycles. The molecule has 0 aromatic heterocycles. The summed E-state index contributed by atoms with van der Waals surface area (Å²) in [4.78, 5) is 14.8. The second-order valence-corrected chi connectivity index (χ2v) is 4.11. The van der Waals surface area contributed by atoms with Crippen molar-refractivity contribution in [2.45, 2.75) is 18.5 Å². The molecule has 0 aromatic rings. The number of hydrogen-bond acceptors (Lipinski definition) is 4. The van der Waals surface area contributed by atoms with Crippen LogP contribution < -0.4 is 5.73 Å². The van der Waals surface area contributed by atoms with Crippen LogP contribution in [0.3, 0.4) is 0 Å². The number of hydrogen-bond donors (Lipinski definition) is 2. The zero-order chi connectivity index (χ0) is 10.7. The topological polar surface area (TPSA) is 69.8 Å². The van der Waals surface area contributed by atoms with Crippen LogP contribution in [0.1, 0.15) is 6.42 Å². The molecule has 5 nitrogen and oxygen atoms in total. The summed E-state index contributed by atoms with van der Waals surface area (Å²) in [5, 5.41) is 8.66. The summed E-state index contributed by atoms with van der Waals surface area (Å²) in [5.74, 6) is -0.918. The number of rotatable bonds is 4. The Morgan fingerprint density at radius 1 is 1.71 bits per heavy atom. The zero-order valence-electron chi connectivity index (χ0n) is 8.81. The van der Waals surface area contributed by atoms with Crippen LogP contribution in [0.2, 0.25) is 0 Å². The van der Waals surface area contributed by atoms with Gasteiger partial charge >= 0.3 is 5.97 Å². The maximum Gasteiger partial charge on any atom is 0.321 e. The van der Waals surface area contributed by atoms with E-state index in [2.05, 4.69) is 9.80 Å². The largest absolute Gasteiger partial charge is 0.480 e. The number of carboxylic acid groups (broad SMARTS) is 1. The van der Waals surface area contributed by atoms with E-state index in [1.54, 1.807) is 0 Å². The first-order chi connectivity index (χ1) is 6.50. The molecule has 1 heterocycles. The second kappa shape index (κ2) is 4.72. The average molecular weight is 201 g/mol. The third-order valence-corrected chi connectivity index (χ3v) is 2.75. The predicted molar refractivity (Wildman–Crippen MR) is 54.1 cm³/mol. The Bertz CT molecular complexity index is 208.